The second kappa shape index (κ2) is 12.5. The molecule has 0 aromatic heterocycles. The molecule has 0 saturated heterocycles. The molecule has 2 amide bonds. The van der Waals surface area contributed by atoms with Gasteiger partial charge in [-0.05, 0) is 64.2 Å². The zero-order chi connectivity index (χ0) is 27.5. The van der Waals surface area contributed by atoms with Crippen molar-refractivity contribution in [3.05, 3.63) is 0 Å². The van der Waals surface area contributed by atoms with Gasteiger partial charge < -0.3 is 30.0 Å². The Hall–Kier alpha value is -1.20. The van der Waals surface area contributed by atoms with Crippen molar-refractivity contribution in [2.24, 2.45) is 5.92 Å². The summed E-state index contributed by atoms with van der Waals surface area (Å²) in [6.07, 6.45) is 3.01. The van der Waals surface area contributed by atoms with Crippen molar-refractivity contribution < 1.29 is 38.1 Å². The Balaban J connectivity index is 1.21. The second-order valence-corrected chi connectivity index (χ2v) is 12.5. The smallest absolute Gasteiger partial charge is 0.310 e. The van der Waals surface area contributed by atoms with Gasteiger partial charge in [0.15, 0.2) is 0 Å². The molecule has 38 heavy (non-hydrogen) atoms. The number of rotatable bonds is 9. The third-order valence-corrected chi connectivity index (χ3v) is 9.90. The third kappa shape index (κ3) is 6.92. The van der Waals surface area contributed by atoms with Crippen LogP contribution in [0.2, 0.25) is 0 Å². The van der Waals surface area contributed by atoms with Crippen LogP contribution in [-0.2, 0) is 28.6 Å². The van der Waals surface area contributed by atoms with Crippen molar-refractivity contribution in [3.8, 4) is 0 Å². The van der Waals surface area contributed by atoms with E-state index in [1.807, 2.05) is 0 Å². The maximum atomic E-state index is 13.8. The summed E-state index contributed by atoms with van der Waals surface area (Å²) in [5, 5.41) is 16.2. The number of fused-ring (bicyclic) bond motifs is 3. The summed E-state index contributed by atoms with van der Waals surface area (Å²) in [5.41, 5.74) is -1.32. The molecule has 0 spiro atoms. The number of aliphatic hydroxyl groups is 1. The van der Waals surface area contributed by atoms with Crippen LogP contribution in [0.4, 0.5) is 4.39 Å². The van der Waals surface area contributed by atoms with Crippen molar-refractivity contribution in [2.45, 2.75) is 117 Å². The van der Waals surface area contributed by atoms with Crippen molar-refractivity contribution in [2.75, 3.05) is 20.3 Å². The number of aliphatic hydroxyl groups excluding tert-OH is 1. The first-order chi connectivity index (χ1) is 18.0. The topological polar surface area (TPSA) is 123 Å². The average Bonchev–Trinajstić information content (AvgIpc) is 2.89. The van der Waals surface area contributed by atoms with Gasteiger partial charge in [0.05, 0.1) is 42.3 Å². The molecular weight excluding hydrogens is 542 g/mol. The predicted octanol–water partition coefficient (Wildman–Crippen LogP) is 2.52. The van der Waals surface area contributed by atoms with E-state index >= 15 is 0 Å². The summed E-state index contributed by atoms with van der Waals surface area (Å²) < 4.78 is 30.1. The monoisotopic (exact) mass is 580 g/mol. The van der Waals surface area contributed by atoms with Crippen molar-refractivity contribution in [3.63, 3.8) is 0 Å². The normalized spacial score (nSPS) is 40.8. The maximum absolute atomic E-state index is 13.8. The average molecular weight is 582 g/mol. The molecule has 5 rings (SSSR count). The van der Waals surface area contributed by atoms with Crippen LogP contribution in [-0.4, -0.2) is 89.5 Å². The van der Waals surface area contributed by atoms with Crippen LogP contribution >= 0.6 is 23.2 Å². The molecule has 0 heterocycles. The number of hydrogen-bond acceptors (Lipinski definition) is 7. The Morgan fingerprint density at radius 3 is 2.05 bits per heavy atom. The lowest BCUT2D eigenvalue weighted by Crippen LogP contribution is -2.70. The van der Waals surface area contributed by atoms with Gasteiger partial charge in [0.25, 0.3) is 0 Å². The van der Waals surface area contributed by atoms with Gasteiger partial charge in [-0.25, -0.2) is 4.39 Å². The Morgan fingerprint density at radius 2 is 1.47 bits per heavy atom. The fraction of sp³-hybridized carbons (Fsp3) is 0.885. The molecule has 5 aliphatic carbocycles. The molecule has 216 valence electrons. The Kier molecular flexibility index (Phi) is 9.83. The Bertz CT molecular complexity index is 873. The molecule has 0 aromatic rings. The van der Waals surface area contributed by atoms with Gasteiger partial charge in [-0.2, -0.15) is 0 Å². The van der Waals surface area contributed by atoms with Crippen LogP contribution in [0.3, 0.4) is 0 Å². The van der Waals surface area contributed by atoms with Crippen LogP contribution in [0, 0.1) is 5.92 Å². The van der Waals surface area contributed by atoms with E-state index in [0.29, 0.717) is 64.2 Å². The molecule has 7 atom stereocenters. The van der Waals surface area contributed by atoms with E-state index in [1.165, 1.54) is 7.11 Å². The minimum absolute atomic E-state index is 0.145. The number of carbonyl (C=O) groups is 3. The minimum atomic E-state index is -1.14. The second-order valence-electron chi connectivity index (χ2n) is 11.4. The highest BCUT2D eigenvalue weighted by Gasteiger charge is 2.55. The zero-order valence-electron chi connectivity index (χ0n) is 21.8. The molecular formula is C26H39Cl2FN2O7. The SMILES string of the molecule is COC(=O)C1CC(OCC(=O)NC23CCC(NC(=O)COC4CCC(Cl)C(F)C4)(CC2)[C@@H](O)C3)CCC1Cl. The van der Waals surface area contributed by atoms with Crippen molar-refractivity contribution in [1.29, 1.82) is 0 Å². The van der Waals surface area contributed by atoms with E-state index in [2.05, 4.69) is 10.6 Å². The van der Waals surface area contributed by atoms with Crippen LogP contribution in [0.25, 0.3) is 0 Å². The first-order valence-electron chi connectivity index (χ1n) is 13.6. The van der Waals surface area contributed by atoms with E-state index in [9.17, 15) is 23.9 Å². The molecule has 2 bridgehead atoms. The Morgan fingerprint density at radius 1 is 0.895 bits per heavy atom. The summed E-state index contributed by atoms with van der Waals surface area (Å²) in [5.74, 6) is -1.43. The van der Waals surface area contributed by atoms with Crippen LogP contribution in [0.5, 0.6) is 0 Å². The lowest BCUT2D eigenvalue weighted by molar-refractivity contribution is -0.149. The highest BCUT2D eigenvalue weighted by atomic mass is 35.5. The van der Waals surface area contributed by atoms with Crippen LogP contribution in [0.1, 0.15) is 70.6 Å². The molecule has 5 aliphatic rings. The number of carbonyl (C=O) groups excluding carboxylic acids is 3. The molecule has 9 nitrogen and oxygen atoms in total. The lowest BCUT2D eigenvalue weighted by atomic mass is 9.60. The number of methoxy groups -OCH3 is 1. The number of halogens is 3. The van der Waals surface area contributed by atoms with Gasteiger partial charge in [-0.3, -0.25) is 14.4 Å². The van der Waals surface area contributed by atoms with E-state index in [1.54, 1.807) is 0 Å². The summed E-state index contributed by atoms with van der Waals surface area (Å²) in [6.45, 7) is -0.339. The summed E-state index contributed by atoms with van der Waals surface area (Å²) in [7, 11) is 1.33. The van der Waals surface area contributed by atoms with E-state index in [0.717, 1.165) is 0 Å². The summed E-state index contributed by atoms with van der Waals surface area (Å²) in [4.78, 5) is 37.3. The van der Waals surface area contributed by atoms with Crippen molar-refractivity contribution >= 4 is 41.0 Å². The molecule has 5 saturated carbocycles. The summed E-state index contributed by atoms with van der Waals surface area (Å²) >= 11 is 12.2. The third-order valence-electron chi connectivity index (χ3n) is 8.88. The number of amides is 2. The van der Waals surface area contributed by atoms with Gasteiger partial charge in [0.2, 0.25) is 11.8 Å². The fourth-order valence-electron chi connectivity index (χ4n) is 6.53. The minimum Gasteiger partial charge on any atom is -0.469 e. The van der Waals surface area contributed by atoms with Crippen molar-refractivity contribution in [1.82, 2.24) is 10.6 Å². The zero-order valence-corrected chi connectivity index (χ0v) is 23.3. The number of alkyl halides is 3. The number of nitrogens with one attached hydrogen (secondary N) is 2. The van der Waals surface area contributed by atoms with Crippen LogP contribution in [0.15, 0.2) is 0 Å². The van der Waals surface area contributed by atoms with E-state index in [-0.39, 0.29) is 55.0 Å². The molecule has 0 radical (unpaired) electrons. The van der Waals surface area contributed by atoms with Gasteiger partial charge in [-0.15, -0.1) is 23.2 Å². The fourth-order valence-corrected chi connectivity index (χ4v) is 7.09. The van der Waals surface area contributed by atoms with Gasteiger partial charge in [0.1, 0.15) is 19.4 Å². The van der Waals surface area contributed by atoms with E-state index < -0.39 is 34.6 Å². The molecule has 0 aromatic carbocycles. The van der Waals surface area contributed by atoms with Crippen LogP contribution < -0.4 is 10.6 Å². The first-order valence-corrected chi connectivity index (χ1v) is 14.5. The molecule has 6 unspecified atom stereocenters. The number of ether oxygens (including phenoxy) is 3. The number of esters is 1. The molecule has 12 heteroatoms. The van der Waals surface area contributed by atoms with Gasteiger partial charge in [-0.1, -0.05) is 0 Å². The molecule has 0 aliphatic heterocycles. The molecule has 5 fully saturated rings. The lowest BCUT2D eigenvalue weighted by Gasteiger charge is -2.56. The van der Waals surface area contributed by atoms with Gasteiger partial charge in [0, 0.05) is 17.3 Å². The highest BCUT2D eigenvalue weighted by molar-refractivity contribution is 6.22. The number of hydrogen-bond donors (Lipinski definition) is 3. The first kappa shape index (κ1) is 29.8. The predicted molar refractivity (Wildman–Crippen MR) is 138 cm³/mol. The summed E-state index contributed by atoms with van der Waals surface area (Å²) in [6, 6.07) is 0. The standard InChI is InChI=1S/C26H39Cl2FN2O7/c1-36-24(35)17-10-15(2-4-18(17)27)37-13-22(33)30-25-6-8-26(9-7-25,21(32)12-25)31-23(34)14-38-16-3-5-19(28)20(29)11-16/h15-21,32H,2-14H2,1H3,(H,30,33)(H,31,34)/t15?,16?,17?,18?,19?,20?,21-,25?,26?/m0/s1. The largest absolute Gasteiger partial charge is 0.469 e. The maximum Gasteiger partial charge on any atom is 0.310 e. The highest BCUT2D eigenvalue weighted by Crippen LogP contribution is 2.47. The van der Waals surface area contributed by atoms with E-state index in [4.69, 9.17) is 37.4 Å². The quantitative estimate of drug-likeness (QED) is 0.283. The molecule has 3 N–H and O–H groups in total. The van der Waals surface area contributed by atoms with Gasteiger partial charge >= 0.3 is 5.97 Å². The Labute approximate surface area is 232 Å².